The number of methoxy groups -OCH3 is 1. The zero-order chi connectivity index (χ0) is 32.4. The van der Waals surface area contributed by atoms with Gasteiger partial charge in [-0.25, -0.2) is 4.39 Å². The molecule has 0 amide bonds. The number of piperidine rings is 6. The van der Waals surface area contributed by atoms with Gasteiger partial charge in [0, 0.05) is 54.5 Å². The number of hydrogen-bond acceptors (Lipinski definition) is 6. The van der Waals surface area contributed by atoms with E-state index in [2.05, 4.69) is 56.9 Å². The molecule has 7 nitrogen and oxygen atoms in total. The maximum absolute atomic E-state index is 14.2. The number of fused-ring (bicyclic) bond motifs is 8. The number of pyridine rings is 2. The minimum atomic E-state index is -0.742. The Bertz CT molecular complexity index is 1860. The summed E-state index contributed by atoms with van der Waals surface area (Å²) in [5, 5.41) is 25.2. The number of hydrogen-bond donors (Lipinski definition) is 2. The van der Waals surface area contributed by atoms with Crippen molar-refractivity contribution in [2.24, 2.45) is 23.7 Å². The minimum Gasteiger partial charge on any atom is -0.497 e. The first-order valence-corrected chi connectivity index (χ1v) is 17.1. The number of aliphatic hydroxyl groups excluding tert-OH is 2. The fourth-order valence-electron chi connectivity index (χ4n) is 9.39. The average molecular weight is 636 g/mol. The van der Waals surface area contributed by atoms with Crippen LogP contribution in [0.15, 0.2) is 80.2 Å². The van der Waals surface area contributed by atoms with E-state index in [1.807, 2.05) is 18.2 Å². The summed E-state index contributed by atoms with van der Waals surface area (Å²) in [6.45, 7) is 12.4. The highest BCUT2D eigenvalue weighted by molar-refractivity contribution is 5.83. The summed E-state index contributed by atoms with van der Waals surface area (Å²) >= 11 is 0. The van der Waals surface area contributed by atoms with Gasteiger partial charge in [-0.15, -0.1) is 6.58 Å². The van der Waals surface area contributed by atoms with Crippen LogP contribution in [0.5, 0.6) is 5.75 Å². The molecule has 47 heavy (non-hydrogen) atoms. The molecule has 244 valence electrons. The normalized spacial score (nSPS) is 31.1. The average Bonchev–Trinajstić information content (AvgIpc) is 3.13. The Hall–Kier alpha value is -3.69. The Morgan fingerprint density at radius 2 is 1.68 bits per heavy atom. The van der Waals surface area contributed by atoms with Gasteiger partial charge in [0.2, 0.25) is 5.52 Å². The molecule has 4 bridgehead atoms. The second-order valence-electron chi connectivity index (χ2n) is 14.2. The molecule has 8 heteroatoms. The number of aromatic nitrogens is 2. The van der Waals surface area contributed by atoms with Gasteiger partial charge in [0.05, 0.1) is 36.1 Å². The van der Waals surface area contributed by atoms with E-state index >= 15 is 0 Å². The fraction of sp³-hybridized carbons (Fsp3) is 0.436. The SMILES string of the molecule is C=C[C@H]1C[N@]2CC[C@H]1C[C@@H]2[C@H](O)c1cc[n+](C(=C)C2CN3CCC2CC3[C@H](O)c2ccnc3ccc(F)cc23)c2ccc(OC)cc12. The summed E-state index contributed by atoms with van der Waals surface area (Å²) in [5.74, 6) is 2.07. The quantitative estimate of drug-likeness (QED) is 0.192. The summed E-state index contributed by atoms with van der Waals surface area (Å²) < 4.78 is 22.0. The number of aliphatic hydroxyl groups is 2. The molecule has 0 saturated carbocycles. The van der Waals surface area contributed by atoms with Crippen molar-refractivity contribution in [3.63, 3.8) is 0 Å². The van der Waals surface area contributed by atoms with Crippen molar-refractivity contribution in [1.29, 1.82) is 0 Å². The van der Waals surface area contributed by atoms with Gasteiger partial charge in [0.1, 0.15) is 11.6 Å². The monoisotopic (exact) mass is 635 g/mol. The number of benzene rings is 2. The molecule has 2 aromatic carbocycles. The molecule has 6 fully saturated rings. The second kappa shape index (κ2) is 12.1. The molecule has 0 aliphatic carbocycles. The lowest BCUT2D eigenvalue weighted by molar-refractivity contribution is -0.559. The van der Waals surface area contributed by atoms with Gasteiger partial charge in [-0.05, 0) is 105 Å². The van der Waals surface area contributed by atoms with Crippen LogP contribution in [-0.4, -0.2) is 70.4 Å². The molecule has 0 spiro atoms. The zero-order valence-electron chi connectivity index (χ0n) is 27.0. The van der Waals surface area contributed by atoms with Crippen LogP contribution in [0.1, 0.15) is 49.0 Å². The van der Waals surface area contributed by atoms with Crippen LogP contribution in [0.2, 0.25) is 0 Å². The Balaban J connectivity index is 1.07. The van der Waals surface area contributed by atoms with Gasteiger partial charge in [0.25, 0.3) is 0 Å². The molecule has 10 rings (SSSR count). The lowest BCUT2D eigenvalue weighted by Gasteiger charge is -2.50. The molecule has 8 heterocycles. The molecule has 6 aliphatic rings. The van der Waals surface area contributed by atoms with Crippen molar-refractivity contribution < 1.29 is 23.9 Å². The molecule has 4 unspecified atom stereocenters. The maximum atomic E-state index is 14.2. The van der Waals surface area contributed by atoms with E-state index in [-0.39, 0.29) is 23.8 Å². The lowest BCUT2D eigenvalue weighted by atomic mass is 9.72. The van der Waals surface area contributed by atoms with E-state index in [0.717, 1.165) is 85.3 Å². The lowest BCUT2D eigenvalue weighted by Crippen LogP contribution is -2.57. The fourth-order valence-corrected chi connectivity index (χ4v) is 9.39. The van der Waals surface area contributed by atoms with Gasteiger partial charge in [-0.3, -0.25) is 14.8 Å². The summed E-state index contributed by atoms with van der Waals surface area (Å²) in [5.41, 5.74) is 4.37. The topological polar surface area (TPSA) is 72.9 Å². The van der Waals surface area contributed by atoms with Crippen LogP contribution in [-0.2, 0) is 0 Å². The number of ether oxygens (including phenoxy) is 1. The third-order valence-electron chi connectivity index (χ3n) is 12.0. The Labute approximate surface area is 275 Å². The highest BCUT2D eigenvalue weighted by atomic mass is 19.1. The zero-order valence-corrected chi connectivity index (χ0v) is 27.0. The van der Waals surface area contributed by atoms with Gasteiger partial charge < -0.3 is 14.9 Å². The summed E-state index contributed by atoms with van der Waals surface area (Å²) in [7, 11) is 1.68. The van der Waals surface area contributed by atoms with E-state index in [4.69, 9.17) is 4.74 Å². The van der Waals surface area contributed by atoms with Crippen LogP contribution in [0.3, 0.4) is 0 Å². The van der Waals surface area contributed by atoms with Crippen molar-refractivity contribution >= 4 is 27.5 Å². The summed E-state index contributed by atoms with van der Waals surface area (Å²) in [6, 6.07) is 14.6. The van der Waals surface area contributed by atoms with Gasteiger partial charge in [0.15, 0.2) is 11.9 Å². The molecule has 6 saturated heterocycles. The number of rotatable bonds is 8. The molecular weight excluding hydrogens is 591 g/mol. The van der Waals surface area contributed by atoms with Crippen molar-refractivity contribution in [2.75, 3.05) is 33.3 Å². The molecular formula is C39H44FN4O3+. The van der Waals surface area contributed by atoms with Gasteiger partial charge in [-0.1, -0.05) is 6.08 Å². The number of nitrogens with zero attached hydrogens (tertiary/aromatic N) is 4. The summed E-state index contributed by atoms with van der Waals surface area (Å²) in [4.78, 5) is 9.23. The van der Waals surface area contributed by atoms with Crippen LogP contribution in [0.4, 0.5) is 4.39 Å². The van der Waals surface area contributed by atoms with Crippen molar-refractivity contribution in [1.82, 2.24) is 14.8 Å². The van der Waals surface area contributed by atoms with E-state index in [0.29, 0.717) is 28.7 Å². The van der Waals surface area contributed by atoms with E-state index in [1.54, 1.807) is 19.4 Å². The first-order chi connectivity index (χ1) is 22.8. The minimum absolute atomic E-state index is 0.0586. The molecule has 2 aromatic heterocycles. The molecule has 10 atom stereocenters. The van der Waals surface area contributed by atoms with E-state index in [1.165, 1.54) is 12.1 Å². The Kier molecular flexibility index (Phi) is 7.87. The highest BCUT2D eigenvalue weighted by Crippen LogP contribution is 2.45. The second-order valence-corrected chi connectivity index (χ2v) is 14.2. The van der Waals surface area contributed by atoms with Gasteiger partial charge >= 0.3 is 0 Å². The maximum Gasteiger partial charge on any atom is 0.218 e. The number of halogens is 1. The molecule has 0 radical (unpaired) electrons. The van der Waals surface area contributed by atoms with Crippen LogP contribution in [0.25, 0.3) is 27.5 Å². The summed E-state index contributed by atoms with van der Waals surface area (Å²) in [6.07, 6.45) is 8.53. The van der Waals surface area contributed by atoms with Crippen LogP contribution >= 0.6 is 0 Å². The predicted molar refractivity (Wildman–Crippen MR) is 181 cm³/mol. The van der Waals surface area contributed by atoms with Crippen molar-refractivity contribution in [2.45, 2.75) is 50.0 Å². The smallest absolute Gasteiger partial charge is 0.218 e. The van der Waals surface area contributed by atoms with Crippen LogP contribution in [0, 0.1) is 29.5 Å². The van der Waals surface area contributed by atoms with E-state index < -0.39 is 12.2 Å². The third-order valence-corrected chi connectivity index (χ3v) is 12.0. The van der Waals surface area contributed by atoms with E-state index in [9.17, 15) is 14.6 Å². The van der Waals surface area contributed by atoms with Crippen molar-refractivity contribution in [3.05, 3.63) is 97.1 Å². The van der Waals surface area contributed by atoms with Crippen molar-refractivity contribution in [3.8, 4) is 5.75 Å². The molecule has 6 aliphatic heterocycles. The predicted octanol–water partition coefficient (Wildman–Crippen LogP) is 5.67. The molecule has 4 aromatic rings. The third kappa shape index (κ3) is 5.17. The highest BCUT2D eigenvalue weighted by Gasteiger charge is 2.47. The first-order valence-electron chi connectivity index (χ1n) is 17.1. The molecule has 2 N–H and O–H groups in total. The Morgan fingerprint density at radius 1 is 0.957 bits per heavy atom. The first kappa shape index (κ1) is 30.6. The van der Waals surface area contributed by atoms with Crippen LogP contribution < -0.4 is 9.30 Å². The Morgan fingerprint density at radius 3 is 2.36 bits per heavy atom. The van der Waals surface area contributed by atoms with Gasteiger partial charge in [-0.2, -0.15) is 4.57 Å². The largest absolute Gasteiger partial charge is 0.497 e. The standard InChI is InChI=1S/C39H44FN4O3/c1-4-24-21-42-14-10-25(24)17-36(42)39(46)30-12-16-44(35-8-6-28(47-3)20-32(30)35)23(2)33-22-43-15-11-26(33)18-37(43)38(45)29-9-13-41-34-7-5-27(40)19-31(29)34/h4-9,12-13,16,19-20,24-26,33,36-39,45-46H,1-2,10-11,14-15,17-18,21-22H2,3H3/q+1/t24-,25-,26?,33?,36+,37?,38+,39+/m0/s1.